The molecule has 0 aromatic heterocycles. The lowest BCUT2D eigenvalue weighted by Crippen LogP contribution is -2.48. The Kier molecular flexibility index (Phi) is 8.26. The molecule has 1 aliphatic carbocycles. The van der Waals surface area contributed by atoms with Crippen molar-refractivity contribution in [3.8, 4) is 0 Å². The summed E-state index contributed by atoms with van der Waals surface area (Å²) in [6.07, 6.45) is 6.66. The second-order valence-corrected chi connectivity index (χ2v) is 8.09. The fourth-order valence-electron chi connectivity index (χ4n) is 3.76. The minimum absolute atomic E-state index is 0.533. The quantitative estimate of drug-likeness (QED) is 0.671. The van der Waals surface area contributed by atoms with Crippen LogP contribution >= 0.6 is 0 Å². The van der Waals surface area contributed by atoms with Gasteiger partial charge in [-0.05, 0) is 56.0 Å². The minimum atomic E-state index is 0.533. The molecule has 21 heavy (non-hydrogen) atoms. The second-order valence-electron chi connectivity index (χ2n) is 8.09. The highest BCUT2D eigenvalue weighted by Crippen LogP contribution is 2.39. The Morgan fingerprint density at radius 3 is 2.52 bits per heavy atom. The Morgan fingerprint density at radius 1 is 1.24 bits per heavy atom. The molecule has 2 heteroatoms. The maximum Gasteiger partial charge on any atom is 0.0108 e. The van der Waals surface area contributed by atoms with Gasteiger partial charge in [0.1, 0.15) is 0 Å². The summed E-state index contributed by atoms with van der Waals surface area (Å²) in [7, 11) is 0. The van der Waals surface area contributed by atoms with Crippen LogP contribution in [0.3, 0.4) is 0 Å². The summed E-state index contributed by atoms with van der Waals surface area (Å²) in [6, 6.07) is 0.740. The molecule has 0 aliphatic heterocycles. The molecule has 1 N–H and O–H groups in total. The highest BCUT2D eigenvalue weighted by molar-refractivity contribution is 4.90. The molecule has 0 spiro atoms. The van der Waals surface area contributed by atoms with Crippen LogP contribution in [-0.2, 0) is 0 Å². The van der Waals surface area contributed by atoms with E-state index >= 15 is 0 Å². The Balaban J connectivity index is 2.62. The molecule has 3 atom stereocenters. The fourth-order valence-corrected chi connectivity index (χ4v) is 3.76. The molecule has 0 bridgehead atoms. The molecule has 1 aliphatic rings. The molecular weight excluding hydrogens is 256 g/mol. The number of hydrogen-bond donors (Lipinski definition) is 1. The van der Waals surface area contributed by atoms with Crippen LogP contribution in [-0.4, -0.2) is 37.1 Å². The van der Waals surface area contributed by atoms with Gasteiger partial charge in [-0.2, -0.15) is 0 Å². The van der Waals surface area contributed by atoms with Crippen molar-refractivity contribution in [3.05, 3.63) is 0 Å². The van der Waals surface area contributed by atoms with Gasteiger partial charge in [0.25, 0.3) is 0 Å². The number of rotatable bonds is 9. The third-order valence-electron chi connectivity index (χ3n) is 5.38. The van der Waals surface area contributed by atoms with E-state index in [1.54, 1.807) is 0 Å². The highest BCUT2D eigenvalue weighted by Gasteiger charge is 2.35. The largest absolute Gasteiger partial charge is 0.314 e. The van der Waals surface area contributed by atoms with Crippen molar-refractivity contribution < 1.29 is 0 Å². The van der Waals surface area contributed by atoms with Crippen LogP contribution in [0.15, 0.2) is 0 Å². The van der Waals surface area contributed by atoms with E-state index < -0.39 is 0 Å². The molecule has 0 amide bonds. The normalized spacial score (nSPS) is 27.0. The van der Waals surface area contributed by atoms with E-state index in [4.69, 9.17) is 0 Å². The maximum atomic E-state index is 3.83. The average Bonchev–Trinajstić information content (AvgIpc) is 2.44. The number of nitrogens with zero attached hydrogens (tertiary/aromatic N) is 1. The van der Waals surface area contributed by atoms with Crippen LogP contribution in [0.2, 0.25) is 0 Å². The maximum absolute atomic E-state index is 3.83. The molecular formula is C19H40N2. The Labute approximate surface area is 134 Å². The van der Waals surface area contributed by atoms with E-state index in [0.717, 1.165) is 17.9 Å². The van der Waals surface area contributed by atoms with E-state index in [0.29, 0.717) is 5.41 Å². The van der Waals surface area contributed by atoms with Crippen molar-refractivity contribution in [1.29, 1.82) is 0 Å². The zero-order valence-electron chi connectivity index (χ0n) is 15.5. The van der Waals surface area contributed by atoms with Crippen molar-refractivity contribution in [2.24, 2.45) is 17.3 Å². The molecule has 0 aromatic carbocycles. The van der Waals surface area contributed by atoms with Crippen LogP contribution in [0, 0.1) is 17.3 Å². The van der Waals surface area contributed by atoms with Crippen LogP contribution in [0.25, 0.3) is 0 Å². The minimum Gasteiger partial charge on any atom is -0.314 e. The second kappa shape index (κ2) is 9.15. The molecule has 1 rings (SSSR count). The van der Waals surface area contributed by atoms with Gasteiger partial charge in [0.05, 0.1) is 0 Å². The molecule has 1 saturated carbocycles. The summed E-state index contributed by atoms with van der Waals surface area (Å²) in [5.74, 6) is 1.65. The van der Waals surface area contributed by atoms with Gasteiger partial charge in [0.15, 0.2) is 0 Å². The molecule has 0 heterocycles. The molecule has 2 nitrogen and oxygen atoms in total. The fraction of sp³-hybridized carbons (Fsp3) is 1.00. The van der Waals surface area contributed by atoms with Crippen molar-refractivity contribution in [2.75, 3.05) is 26.2 Å². The molecule has 3 unspecified atom stereocenters. The summed E-state index contributed by atoms with van der Waals surface area (Å²) < 4.78 is 0. The molecule has 1 fully saturated rings. The molecule has 0 radical (unpaired) electrons. The first-order chi connectivity index (χ1) is 9.91. The summed E-state index contributed by atoms with van der Waals surface area (Å²) in [5, 5.41) is 3.83. The van der Waals surface area contributed by atoms with Gasteiger partial charge < -0.3 is 10.2 Å². The van der Waals surface area contributed by atoms with E-state index in [2.05, 4.69) is 51.8 Å². The average molecular weight is 297 g/mol. The third kappa shape index (κ3) is 6.69. The molecule has 126 valence electrons. The van der Waals surface area contributed by atoms with Crippen LogP contribution in [0.1, 0.15) is 73.6 Å². The first-order valence-corrected chi connectivity index (χ1v) is 9.37. The lowest BCUT2D eigenvalue weighted by atomic mass is 9.69. The van der Waals surface area contributed by atoms with Crippen LogP contribution in [0.5, 0.6) is 0 Å². The standard InChI is InChI=1S/C19H40N2/c1-7-12-20-18-10-11-19(5,6)13-17(18)15-21(9-3)14-16(4)8-2/h16-18,20H,7-15H2,1-6H3. The van der Waals surface area contributed by atoms with Gasteiger partial charge in [-0.25, -0.2) is 0 Å². The smallest absolute Gasteiger partial charge is 0.0108 e. The van der Waals surface area contributed by atoms with Gasteiger partial charge in [0.2, 0.25) is 0 Å². The van der Waals surface area contributed by atoms with Crippen molar-refractivity contribution in [1.82, 2.24) is 10.2 Å². The topological polar surface area (TPSA) is 15.3 Å². The van der Waals surface area contributed by atoms with E-state index in [-0.39, 0.29) is 0 Å². The first kappa shape index (κ1) is 19.0. The molecule has 0 aromatic rings. The Morgan fingerprint density at radius 2 is 1.95 bits per heavy atom. The summed E-state index contributed by atoms with van der Waals surface area (Å²) in [6.45, 7) is 19.1. The van der Waals surface area contributed by atoms with Gasteiger partial charge in [0, 0.05) is 19.1 Å². The van der Waals surface area contributed by atoms with Crippen LogP contribution < -0.4 is 5.32 Å². The van der Waals surface area contributed by atoms with Crippen molar-refractivity contribution in [3.63, 3.8) is 0 Å². The van der Waals surface area contributed by atoms with Crippen molar-refractivity contribution in [2.45, 2.75) is 79.7 Å². The van der Waals surface area contributed by atoms with Crippen LogP contribution in [0.4, 0.5) is 0 Å². The predicted octanol–water partition coefficient (Wildman–Crippen LogP) is 4.55. The molecule has 0 saturated heterocycles. The van der Waals surface area contributed by atoms with E-state index in [1.807, 2.05) is 0 Å². The van der Waals surface area contributed by atoms with Gasteiger partial charge in [-0.15, -0.1) is 0 Å². The number of nitrogens with one attached hydrogen (secondary N) is 1. The zero-order valence-corrected chi connectivity index (χ0v) is 15.5. The predicted molar refractivity (Wildman–Crippen MR) is 94.8 cm³/mol. The van der Waals surface area contributed by atoms with Crippen molar-refractivity contribution >= 4 is 0 Å². The summed E-state index contributed by atoms with van der Waals surface area (Å²) in [4.78, 5) is 2.70. The highest BCUT2D eigenvalue weighted by atomic mass is 15.1. The van der Waals surface area contributed by atoms with E-state index in [9.17, 15) is 0 Å². The Hall–Kier alpha value is -0.0800. The Bertz CT molecular complexity index is 275. The van der Waals surface area contributed by atoms with E-state index in [1.165, 1.54) is 58.3 Å². The van der Waals surface area contributed by atoms with Gasteiger partial charge in [-0.1, -0.05) is 48.0 Å². The summed E-state index contributed by atoms with van der Waals surface area (Å²) in [5.41, 5.74) is 0.533. The lowest BCUT2D eigenvalue weighted by molar-refractivity contribution is 0.0959. The third-order valence-corrected chi connectivity index (χ3v) is 5.38. The van der Waals surface area contributed by atoms with Gasteiger partial charge in [-0.3, -0.25) is 0 Å². The monoisotopic (exact) mass is 296 g/mol. The lowest BCUT2D eigenvalue weighted by Gasteiger charge is -2.43. The summed E-state index contributed by atoms with van der Waals surface area (Å²) >= 11 is 0. The SMILES string of the molecule is CCCNC1CCC(C)(C)CC1CN(CC)CC(C)CC. The van der Waals surface area contributed by atoms with Gasteiger partial charge >= 0.3 is 0 Å². The first-order valence-electron chi connectivity index (χ1n) is 9.37. The number of hydrogen-bond acceptors (Lipinski definition) is 2. The zero-order chi connectivity index (χ0) is 15.9.